The third-order valence-corrected chi connectivity index (χ3v) is 4.29. The van der Waals surface area contributed by atoms with Gasteiger partial charge in [0.2, 0.25) is 0 Å². The second-order valence-corrected chi connectivity index (χ2v) is 6.41. The molecule has 104 valence electrons. The van der Waals surface area contributed by atoms with E-state index in [2.05, 4.69) is 4.90 Å². The zero-order valence-corrected chi connectivity index (χ0v) is 12.0. The van der Waals surface area contributed by atoms with E-state index in [0.29, 0.717) is 25.0 Å². The van der Waals surface area contributed by atoms with Crippen LogP contribution in [0.1, 0.15) is 45.4 Å². The molecule has 2 rings (SSSR count). The van der Waals surface area contributed by atoms with E-state index in [-0.39, 0.29) is 11.3 Å². The first-order chi connectivity index (χ1) is 8.66. The Morgan fingerprint density at radius 3 is 2.89 bits per heavy atom. The fraction of sp³-hybridized carbons (Fsp3) is 0.929. The lowest BCUT2D eigenvalue weighted by molar-refractivity contribution is -0.146. The quantitative estimate of drug-likeness (QED) is 0.583. The SMILES string of the molecule is CC(Cl)CC(=O)OCC1CCCN2CCCCC12. The zero-order valence-electron chi connectivity index (χ0n) is 11.2. The molecule has 2 heterocycles. The Kier molecular flexibility index (Phi) is 5.31. The first kappa shape index (κ1) is 14.1. The van der Waals surface area contributed by atoms with Crippen LogP contribution < -0.4 is 0 Å². The van der Waals surface area contributed by atoms with Gasteiger partial charge >= 0.3 is 5.97 Å². The molecule has 0 aromatic rings. The van der Waals surface area contributed by atoms with Gasteiger partial charge in [-0.05, 0) is 45.7 Å². The van der Waals surface area contributed by atoms with Gasteiger partial charge in [-0.2, -0.15) is 0 Å². The van der Waals surface area contributed by atoms with Gasteiger partial charge in [0.15, 0.2) is 0 Å². The van der Waals surface area contributed by atoms with Gasteiger partial charge in [0.1, 0.15) is 0 Å². The van der Waals surface area contributed by atoms with E-state index in [1.165, 1.54) is 45.2 Å². The highest BCUT2D eigenvalue weighted by atomic mass is 35.5. The van der Waals surface area contributed by atoms with E-state index < -0.39 is 0 Å². The fourth-order valence-corrected chi connectivity index (χ4v) is 3.39. The smallest absolute Gasteiger partial charge is 0.307 e. The molecule has 2 aliphatic heterocycles. The summed E-state index contributed by atoms with van der Waals surface area (Å²) in [4.78, 5) is 14.1. The molecule has 0 aromatic carbocycles. The number of ether oxygens (including phenoxy) is 1. The molecule has 0 bridgehead atoms. The summed E-state index contributed by atoms with van der Waals surface area (Å²) in [5.74, 6) is 0.388. The highest BCUT2D eigenvalue weighted by Gasteiger charge is 2.33. The molecular formula is C14H24ClNO2. The van der Waals surface area contributed by atoms with Gasteiger partial charge in [0, 0.05) is 17.3 Å². The number of rotatable bonds is 4. The van der Waals surface area contributed by atoms with Gasteiger partial charge in [-0.25, -0.2) is 0 Å². The van der Waals surface area contributed by atoms with Crippen LogP contribution in [0.15, 0.2) is 0 Å². The van der Waals surface area contributed by atoms with Gasteiger partial charge in [-0.15, -0.1) is 11.6 Å². The Bertz CT molecular complexity index is 281. The number of hydrogen-bond donors (Lipinski definition) is 0. The van der Waals surface area contributed by atoms with Crippen molar-refractivity contribution in [3.63, 3.8) is 0 Å². The molecule has 2 saturated heterocycles. The predicted octanol–water partition coefficient (Wildman–Crippen LogP) is 2.81. The molecule has 3 nitrogen and oxygen atoms in total. The first-order valence-electron chi connectivity index (χ1n) is 7.20. The van der Waals surface area contributed by atoms with Crippen molar-refractivity contribution in [3.05, 3.63) is 0 Å². The van der Waals surface area contributed by atoms with Crippen molar-refractivity contribution in [2.24, 2.45) is 5.92 Å². The fourth-order valence-electron chi connectivity index (χ4n) is 3.26. The van der Waals surface area contributed by atoms with E-state index >= 15 is 0 Å². The topological polar surface area (TPSA) is 29.5 Å². The molecule has 3 unspecified atom stereocenters. The highest BCUT2D eigenvalue weighted by Crippen LogP contribution is 2.31. The van der Waals surface area contributed by atoms with Gasteiger partial charge < -0.3 is 4.74 Å². The summed E-state index contributed by atoms with van der Waals surface area (Å²) in [7, 11) is 0. The molecule has 2 aliphatic rings. The van der Waals surface area contributed by atoms with Crippen molar-refractivity contribution in [1.29, 1.82) is 0 Å². The van der Waals surface area contributed by atoms with Crippen molar-refractivity contribution in [2.75, 3.05) is 19.7 Å². The van der Waals surface area contributed by atoms with Gasteiger partial charge in [-0.3, -0.25) is 9.69 Å². The molecule has 0 radical (unpaired) electrons. The Hall–Kier alpha value is -0.280. The Labute approximate surface area is 115 Å². The van der Waals surface area contributed by atoms with Crippen LogP contribution in [0.25, 0.3) is 0 Å². The lowest BCUT2D eigenvalue weighted by atomic mass is 9.84. The number of alkyl halides is 1. The number of piperidine rings is 2. The van der Waals surface area contributed by atoms with Gasteiger partial charge in [0.25, 0.3) is 0 Å². The lowest BCUT2D eigenvalue weighted by Gasteiger charge is -2.44. The van der Waals surface area contributed by atoms with Crippen LogP contribution in [0, 0.1) is 5.92 Å². The number of halogens is 1. The molecule has 0 aliphatic carbocycles. The van der Waals surface area contributed by atoms with E-state index in [9.17, 15) is 4.79 Å². The summed E-state index contributed by atoms with van der Waals surface area (Å²) in [6.07, 6.45) is 6.68. The standard InChI is InChI=1S/C14H24ClNO2/c1-11(15)9-14(17)18-10-12-5-4-8-16-7-3-2-6-13(12)16/h11-13H,2-10H2,1H3. The summed E-state index contributed by atoms with van der Waals surface area (Å²) in [6, 6.07) is 0.647. The van der Waals surface area contributed by atoms with Gasteiger partial charge in [0.05, 0.1) is 13.0 Å². The Balaban J connectivity index is 1.79. The summed E-state index contributed by atoms with van der Waals surface area (Å²) in [5, 5.41) is -0.130. The minimum absolute atomic E-state index is 0.130. The third-order valence-electron chi connectivity index (χ3n) is 4.13. The number of hydrogen-bond acceptors (Lipinski definition) is 3. The number of esters is 1. The Morgan fingerprint density at radius 2 is 2.11 bits per heavy atom. The maximum absolute atomic E-state index is 11.5. The molecule has 3 atom stereocenters. The number of fused-ring (bicyclic) bond motifs is 1. The van der Waals surface area contributed by atoms with Crippen LogP contribution in [0.4, 0.5) is 0 Å². The van der Waals surface area contributed by atoms with Crippen LogP contribution in [-0.2, 0) is 9.53 Å². The molecular weight excluding hydrogens is 250 g/mol. The molecule has 0 N–H and O–H groups in total. The summed E-state index contributed by atoms with van der Waals surface area (Å²) >= 11 is 5.80. The molecule has 0 spiro atoms. The van der Waals surface area contributed by atoms with Crippen LogP contribution in [0.3, 0.4) is 0 Å². The van der Waals surface area contributed by atoms with Crippen LogP contribution in [0.5, 0.6) is 0 Å². The zero-order chi connectivity index (χ0) is 13.0. The van der Waals surface area contributed by atoms with E-state index in [1.54, 1.807) is 0 Å². The summed E-state index contributed by atoms with van der Waals surface area (Å²) < 4.78 is 5.39. The molecule has 4 heteroatoms. The normalized spacial score (nSPS) is 30.6. The average Bonchev–Trinajstić information content (AvgIpc) is 2.35. The van der Waals surface area contributed by atoms with Crippen LogP contribution in [0.2, 0.25) is 0 Å². The summed E-state index contributed by atoms with van der Waals surface area (Å²) in [6.45, 7) is 4.87. The van der Waals surface area contributed by atoms with Crippen LogP contribution >= 0.6 is 11.6 Å². The predicted molar refractivity (Wildman–Crippen MR) is 72.8 cm³/mol. The number of carbonyl (C=O) groups is 1. The summed E-state index contributed by atoms with van der Waals surface area (Å²) in [5.41, 5.74) is 0. The number of carbonyl (C=O) groups excluding carboxylic acids is 1. The van der Waals surface area contributed by atoms with E-state index in [0.717, 1.165) is 0 Å². The second-order valence-electron chi connectivity index (χ2n) is 5.67. The van der Waals surface area contributed by atoms with Crippen molar-refractivity contribution in [1.82, 2.24) is 4.90 Å². The largest absolute Gasteiger partial charge is 0.465 e. The van der Waals surface area contributed by atoms with E-state index in [4.69, 9.17) is 16.3 Å². The first-order valence-corrected chi connectivity index (χ1v) is 7.64. The third kappa shape index (κ3) is 3.86. The van der Waals surface area contributed by atoms with E-state index in [1.807, 2.05) is 6.92 Å². The highest BCUT2D eigenvalue weighted by molar-refractivity contribution is 6.21. The monoisotopic (exact) mass is 273 g/mol. The average molecular weight is 274 g/mol. The Morgan fingerprint density at radius 1 is 1.33 bits per heavy atom. The molecule has 0 aromatic heterocycles. The minimum atomic E-state index is -0.148. The second kappa shape index (κ2) is 6.76. The molecule has 2 fully saturated rings. The minimum Gasteiger partial charge on any atom is -0.465 e. The van der Waals surface area contributed by atoms with Gasteiger partial charge in [-0.1, -0.05) is 6.42 Å². The van der Waals surface area contributed by atoms with Crippen molar-refractivity contribution >= 4 is 17.6 Å². The molecule has 0 saturated carbocycles. The maximum Gasteiger partial charge on any atom is 0.307 e. The van der Waals surface area contributed by atoms with Crippen molar-refractivity contribution in [2.45, 2.75) is 56.9 Å². The number of nitrogens with zero attached hydrogens (tertiary/aromatic N) is 1. The van der Waals surface area contributed by atoms with Crippen LogP contribution in [-0.4, -0.2) is 42.0 Å². The maximum atomic E-state index is 11.5. The molecule has 0 amide bonds. The van der Waals surface area contributed by atoms with Crippen molar-refractivity contribution < 1.29 is 9.53 Å². The van der Waals surface area contributed by atoms with Crippen molar-refractivity contribution in [3.8, 4) is 0 Å². The molecule has 18 heavy (non-hydrogen) atoms. The lowest BCUT2D eigenvalue weighted by Crippen LogP contribution is -2.49.